The Morgan fingerprint density at radius 3 is 2.73 bits per heavy atom. The summed E-state index contributed by atoms with van der Waals surface area (Å²) in [7, 11) is 1.30. The highest BCUT2D eigenvalue weighted by atomic mass is 16.5. The lowest BCUT2D eigenvalue weighted by Gasteiger charge is -2.36. The maximum atomic E-state index is 11.8. The molecule has 2 rings (SSSR count). The van der Waals surface area contributed by atoms with E-state index >= 15 is 0 Å². The van der Waals surface area contributed by atoms with Gasteiger partial charge in [-0.15, -0.1) is 0 Å². The molecule has 2 saturated carbocycles. The highest BCUT2D eigenvalue weighted by Gasteiger charge is 2.48. The number of hydrogen-bond acceptors (Lipinski definition) is 4. The molecule has 4 nitrogen and oxygen atoms in total. The van der Waals surface area contributed by atoms with E-state index in [1.165, 1.54) is 7.11 Å². The van der Waals surface area contributed by atoms with Crippen LogP contribution in [0, 0.1) is 17.8 Å². The Morgan fingerprint density at radius 2 is 2.07 bits per heavy atom. The van der Waals surface area contributed by atoms with Crippen LogP contribution in [0.3, 0.4) is 0 Å². The highest BCUT2D eigenvalue weighted by Crippen LogP contribution is 2.39. The van der Waals surface area contributed by atoms with Crippen LogP contribution in [0.2, 0.25) is 0 Å². The fourth-order valence-electron chi connectivity index (χ4n) is 2.70. The summed E-state index contributed by atoms with van der Waals surface area (Å²) in [6, 6.07) is 0. The lowest BCUT2D eigenvalue weighted by molar-refractivity contribution is -0.159. The average Bonchev–Trinajstić information content (AvgIpc) is 2.22. The van der Waals surface area contributed by atoms with Gasteiger partial charge in [0.1, 0.15) is 11.6 Å². The van der Waals surface area contributed by atoms with Crippen LogP contribution in [0.5, 0.6) is 0 Å². The van der Waals surface area contributed by atoms with Crippen LogP contribution < -0.4 is 0 Å². The summed E-state index contributed by atoms with van der Waals surface area (Å²) in [4.78, 5) is 34.9. The van der Waals surface area contributed by atoms with E-state index in [4.69, 9.17) is 0 Å². The average molecular weight is 210 g/mol. The number of carbonyl (C=O) groups is 3. The molecule has 0 aromatic rings. The molecule has 0 aliphatic heterocycles. The van der Waals surface area contributed by atoms with Crippen LogP contribution >= 0.6 is 0 Å². The third-order valence-corrected chi connectivity index (χ3v) is 3.52. The van der Waals surface area contributed by atoms with Crippen molar-refractivity contribution < 1.29 is 19.1 Å². The minimum absolute atomic E-state index is 0.0344. The van der Waals surface area contributed by atoms with Gasteiger partial charge in [0.05, 0.1) is 18.9 Å². The van der Waals surface area contributed by atoms with E-state index in [2.05, 4.69) is 4.74 Å². The van der Waals surface area contributed by atoms with Gasteiger partial charge < -0.3 is 4.74 Å². The molecule has 0 amide bonds. The molecular weight excluding hydrogens is 196 g/mol. The molecule has 0 N–H and O–H groups in total. The summed E-state index contributed by atoms with van der Waals surface area (Å²) in [5.41, 5.74) is 0. The fourth-order valence-corrected chi connectivity index (χ4v) is 2.70. The van der Waals surface area contributed by atoms with E-state index in [0.29, 0.717) is 6.42 Å². The van der Waals surface area contributed by atoms with Gasteiger partial charge in [-0.05, 0) is 12.8 Å². The zero-order valence-electron chi connectivity index (χ0n) is 8.69. The molecular formula is C11H14O4. The van der Waals surface area contributed by atoms with Crippen LogP contribution in [0.4, 0.5) is 0 Å². The normalized spacial score (nSPS) is 35.1. The summed E-state index contributed by atoms with van der Waals surface area (Å²) < 4.78 is 4.63. The molecule has 0 aromatic carbocycles. The minimum atomic E-state index is -0.522. The van der Waals surface area contributed by atoms with Gasteiger partial charge in [-0.1, -0.05) is 6.42 Å². The topological polar surface area (TPSA) is 60.4 Å². The number of ether oxygens (including phenoxy) is 1. The number of rotatable bonds is 1. The molecule has 0 heterocycles. The van der Waals surface area contributed by atoms with Crippen molar-refractivity contribution in [3.8, 4) is 0 Å². The third kappa shape index (κ3) is 1.58. The molecule has 82 valence electrons. The molecule has 15 heavy (non-hydrogen) atoms. The summed E-state index contributed by atoms with van der Waals surface area (Å²) >= 11 is 0. The molecule has 3 atom stereocenters. The predicted molar refractivity (Wildman–Crippen MR) is 51.0 cm³/mol. The van der Waals surface area contributed by atoms with Crippen molar-refractivity contribution in [3.63, 3.8) is 0 Å². The first-order valence-electron chi connectivity index (χ1n) is 5.29. The summed E-state index contributed by atoms with van der Waals surface area (Å²) in [5, 5.41) is 0. The van der Waals surface area contributed by atoms with Crippen molar-refractivity contribution >= 4 is 17.5 Å². The van der Waals surface area contributed by atoms with Gasteiger partial charge in [-0.2, -0.15) is 0 Å². The van der Waals surface area contributed by atoms with Crippen molar-refractivity contribution in [2.24, 2.45) is 17.8 Å². The number of esters is 1. The Hall–Kier alpha value is -1.19. The molecule has 2 bridgehead atoms. The number of methoxy groups -OCH3 is 1. The van der Waals surface area contributed by atoms with Gasteiger partial charge in [-0.3, -0.25) is 14.4 Å². The molecule has 0 aromatic heterocycles. The zero-order valence-corrected chi connectivity index (χ0v) is 8.69. The van der Waals surface area contributed by atoms with Crippen LogP contribution in [0.15, 0.2) is 0 Å². The van der Waals surface area contributed by atoms with Gasteiger partial charge >= 0.3 is 5.97 Å². The van der Waals surface area contributed by atoms with Crippen LogP contribution in [-0.4, -0.2) is 24.6 Å². The van der Waals surface area contributed by atoms with Gasteiger partial charge in [-0.25, -0.2) is 0 Å². The highest BCUT2D eigenvalue weighted by molar-refractivity contribution is 6.08. The Balaban J connectivity index is 2.24. The fraction of sp³-hybridized carbons (Fsp3) is 0.727. The maximum Gasteiger partial charge on any atom is 0.309 e. The molecule has 4 heteroatoms. The summed E-state index contributed by atoms with van der Waals surface area (Å²) in [5.74, 6) is -1.74. The van der Waals surface area contributed by atoms with Gasteiger partial charge in [0.2, 0.25) is 0 Å². The van der Waals surface area contributed by atoms with Crippen LogP contribution in [0.1, 0.15) is 25.7 Å². The molecule has 0 spiro atoms. The summed E-state index contributed by atoms with van der Waals surface area (Å²) in [6.45, 7) is 0. The van der Waals surface area contributed by atoms with Crippen molar-refractivity contribution in [3.05, 3.63) is 0 Å². The summed E-state index contributed by atoms with van der Waals surface area (Å²) in [6.07, 6.45) is 2.44. The Morgan fingerprint density at radius 1 is 1.33 bits per heavy atom. The van der Waals surface area contributed by atoms with Crippen molar-refractivity contribution in [1.82, 2.24) is 0 Å². The monoisotopic (exact) mass is 210 g/mol. The Labute approximate surface area is 88.0 Å². The van der Waals surface area contributed by atoms with E-state index in [1.807, 2.05) is 0 Å². The zero-order chi connectivity index (χ0) is 11.0. The molecule has 3 unspecified atom stereocenters. The number of carbonyl (C=O) groups excluding carboxylic acids is 3. The maximum absolute atomic E-state index is 11.8. The van der Waals surface area contributed by atoms with E-state index in [1.54, 1.807) is 0 Å². The molecule has 2 fully saturated rings. The largest absolute Gasteiger partial charge is 0.469 e. The first-order chi connectivity index (χ1) is 7.15. The number of Topliss-reactive ketones (excluding diaryl/α,β-unsaturated/α-hetero) is 2. The lowest BCUT2D eigenvalue weighted by Crippen LogP contribution is -2.46. The lowest BCUT2D eigenvalue weighted by atomic mass is 9.65. The quantitative estimate of drug-likeness (QED) is 0.473. The molecule has 2 aliphatic carbocycles. The van der Waals surface area contributed by atoms with Crippen LogP contribution in [0.25, 0.3) is 0 Å². The van der Waals surface area contributed by atoms with Crippen molar-refractivity contribution in [1.29, 1.82) is 0 Å². The third-order valence-electron chi connectivity index (χ3n) is 3.52. The Kier molecular flexibility index (Phi) is 2.59. The predicted octanol–water partition coefficient (Wildman–Crippen LogP) is 0.734. The second-order valence-electron chi connectivity index (χ2n) is 4.29. The number of ketones is 2. The smallest absolute Gasteiger partial charge is 0.309 e. The molecule has 0 radical (unpaired) electrons. The molecule has 0 saturated heterocycles. The van der Waals surface area contributed by atoms with E-state index < -0.39 is 17.8 Å². The Bertz CT molecular complexity index is 321. The van der Waals surface area contributed by atoms with Gasteiger partial charge in [0.25, 0.3) is 0 Å². The van der Waals surface area contributed by atoms with Gasteiger partial charge in [0.15, 0.2) is 0 Å². The van der Waals surface area contributed by atoms with E-state index in [0.717, 1.165) is 12.8 Å². The first kappa shape index (κ1) is 10.3. The van der Waals surface area contributed by atoms with Crippen molar-refractivity contribution in [2.75, 3.05) is 7.11 Å². The second-order valence-corrected chi connectivity index (χ2v) is 4.29. The van der Waals surface area contributed by atoms with Crippen molar-refractivity contribution in [2.45, 2.75) is 25.7 Å². The SMILES string of the molecule is COC(=O)C1CC(=O)C2CCCC1C2=O. The number of hydrogen-bond donors (Lipinski definition) is 0. The minimum Gasteiger partial charge on any atom is -0.469 e. The number of fused-ring (bicyclic) bond motifs is 2. The second kappa shape index (κ2) is 3.76. The van der Waals surface area contributed by atoms with Gasteiger partial charge in [0, 0.05) is 12.3 Å². The van der Waals surface area contributed by atoms with E-state index in [9.17, 15) is 14.4 Å². The molecule has 2 aliphatic rings. The first-order valence-corrected chi connectivity index (χ1v) is 5.29. The standard InChI is InChI=1S/C11H14O4/c1-15-11(14)8-5-9(12)7-4-2-3-6(8)10(7)13/h6-8H,2-5H2,1H3. The van der Waals surface area contributed by atoms with Crippen LogP contribution in [-0.2, 0) is 19.1 Å². The van der Waals surface area contributed by atoms with E-state index in [-0.39, 0.29) is 23.9 Å².